The lowest BCUT2D eigenvalue weighted by molar-refractivity contribution is 0.183. The van der Waals surface area contributed by atoms with Gasteiger partial charge in [-0.3, -0.25) is 9.89 Å². The number of piperidine rings is 1. The second-order valence-corrected chi connectivity index (χ2v) is 7.03. The third-order valence-corrected chi connectivity index (χ3v) is 4.98. The van der Waals surface area contributed by atoms with Crippen LogP contribution in [0.5, 0.6) is 5.75 Å². The summed E-state index contributed by atoms with van der Waals surface area (Å²) < 4.78 is 5.90. The Hall–Kier alpha value is -2.10. The van der Waals surface area contributed by atoms with E-state index in [1.54, 1.807) is 0 Å². The highest BCUT2D eigenvalue weighted by molar-refractivity contribution is 6.48. The van der Waals surface area contributed by atoms with Crippen LogP contribution in [0.4, 0.5) is 5.69 Å². The van der Waals surface area contributed by atoms with Crippen LogP contribution in [0.1, 0.15) is 24.8 Å². The Balaban J connectivity index is 1.63. The van der Waals surface area contributed by atoms with Gasteiger partial charge in [-0.15, -0.1) is 0 Å². The first-order valence-electron chi connectivity index (χ1n) is 9.08. The van der Waals surface area contributed by atoms with Gasteiger partial charge in [-0.05, 0) is 68.0 Å². The second kappa shape index (κ2) is 9.02. The third-order valence-electron chi connectivity index (χ3n) is 4.77. The summed E-state index contributed by atoms with van der Waals surface area (Å²) in [6.45, 7) is 11.5. The van der Waals surface area contributed by atoms with E-state index in [4.69, 9.17) is 16.3 Å². The molecule has 1 heterocycles. The van der Waals surface area contributed by atoms with Crippen molar-refractivity contribution in [2.75, 3.05) is 26.2 Å². The lowest BCUT2D eigenvalue weighted by atomic mass is 10.0. The highest BCUT2D eigenvalue weighted by atomic mass is 35.5. The molecule has 1 aliphatic rings. The maximum atomic E-state index is 6.09. The first kappa shape index (κ1) is 18.7. The standard InChI is InChI=1S/C22H25ClN2O/c1-17(23)21-16-19(8-11-22(21)24-2)18-6-9-20(10-7-18)26-15-14-25-12-4-3-5-13-25/h6-11,16H,1-5,12-15H2. The number of benzene rings is 2. The number of hydrogen-bond acceptors (Lipinski definition) is 3. The first-order valence-corrected chi connectivity index (χ1v) is 9.46. The zero-order chi connectivity index (χ0) is 18.4. The zero-order valence-electron chi connectivity index (χ0n) is 15.1. The quantitative estimate of drug-likeness (QED) is 0.580. The van der Waals surface area contributed by atoms with E-state index < -0.39 is 0 Å². The fraction of sp³-hybridized carbons (Fsp3) is 0.318. The van der Waals surface area contributed by atoms with Crippen molar-refractivity contribution in [3.63, 3.8) is 0 Å². The molecule has 4 heteroatoms. The van der Waals surface area contributed by atoms with E-state index >= 15 is 0 Å². The highest BCUT2D eigenvalue weighted by Gasteiger charge is 2.10. The Bertz CT molecular complexity index is 764. The molecule has 136 valence electrons. The van der Waals surface area contributed by atoms with Gasteiger partial charge in [-0.2, -0.15) is 0 Å². The normalized spacial score (nSPS) is 14.8. The molecular formula is C22H25ClN2O. The van der Waals surface area contributed by atoms with Gasteiger partial charge in [0.15, 0.2) is 0 Å². The fourth-order valence-corrected chi connectivity index (χ4v) is 3.44. The average Bonchev–Trinajstić information content (AvgIpc) is 2.69. The SMILES string of the molecule is C=Nc1ccc(-c2ccc(OCCN3CCCCC3)cc2)cc1C(=C)Cl. The van der Waals surface area contributed by atoms with Crippen LogP contribution in [0.15, 0.2) is 54.0 Å². The van der Waals surface area contributed by atoms with E-state index in [-0.39, 0.29) is 0 Å². The summed E-state index contributed by atoms with van der Waals surface area (Å²) in [5.41, 5.74) is 3.71. The predicted octanol–water partition coefficient (Wildman–Crippen LogP) is 5.76. The highest BCUT2D eigenvalue weighted by Crippen LogP contribution is 2.32. The molecule has 2 aromatic rings. The van der Waals surface area contributed by atoms with Gasteiger partial charge in [0.25, 0.3) is 0 Å². The maximum absolute atomic E-state index is 6.09. The molecule has 0 unspecified atom stereocenters. The van der Waals surface area contributed by atoms with Crippen molar-refractivity contribution < 1.29 is 4.74 Å². The number of rotatable bonds is 7. The lowest BCUT2D eigenvalue weighted by Gasteiger charge is -2.26. The van der Waals surface area contributed by atoms with Crippen LogP contribution in [0.2, 0.25) is 0 Å². The van der Waals surface area contributed by atoms with Gasteiger partial charge in [0.1, 0.15) is 12.4 Å². The molecule has 2 aromatic carbocycles. The summed E-state index contributed by atoms with van der Waals surface area (Å²) >= 11 is 6.09. The third kappa shape index (κ3) is 4.75. The summed E-state index contributed by atoms with van der Waals surface area (Å²) in [4.78, 5) is 6.47. The van der Waals surface area contributed by atoms with Crippen LogP contribution in [0, 0.1) is 0 Å². The van der Waals surface area contributed by atoms with Crippen LogP contribution in [0.3, 0.4) is 0 Å². The number of nitrogens with zero attached hydrogens (tertiary/aromatic N) is 2. The molecule has 0 N–H and O–H groups in total. The Morgan fingerprint density at radius 1 is 1.04 bits per heavy atom. The van der Waals surface area contributed by atoms with E-state index in [9.17, 15) is 0 Å². The van der Waals surface area contributed by atoms with Gasteiger partial charge in [0.2, 0.25) is 0 Å². The van der Waals surface area contributed by atoms with Crippen molar-refractivity contribution >= 4 is 29.0 Å². The second-order valence-electron chi connectivity index (χ2n) is 6.57. The Morgan fingerprint density at radius 3 is 2.38 bits per heavy atom. The summed E-state index contributed by atoms with van der Waals surface area (Å²) in [5.74, 6) is 0.900. The van der Waals surface area contributed by atoms with E-state index in [0.717, 1.165) is 41.3 Å². The van der Waals surface area contributed by atoms with Crippen LogP contribution >= 0.6 is 11.6 Å². The van der Waals surface area contributed by atoms with E-state index in [1.165, 1.54) is 32.4 Å². The molecule has 26 heavy (non-hydrogen) atoms. The molecule has 1 aliphatic heterocycles. The van der Waals surface area contributed by atoms with Crippen molar-refractivity contribution in [2.45, 2.75) is 19.3 Å². The molecule has 0 spiro atoms. The number of likely N-dealkylation sites (tertiary alicyclic amines) is 1. The minimum absolute atomic E-state index is 0.465. The monoisotopic (exact) mass is 368 g/mol. The van der Waals surface area contributed by atoms with Crippen LogP contribution in [-0.2, 0) is 0 Å². The minimum atomic E-state index is 0.465. The van der Waals surface area contributed by atoms with E-state index in [2.05, 4.69) is 35.3 Å². The summed E-state index contributed by atoms with van der Waals surface area (Å²) in [5, 5.41) is 0.465. The fourth-order valence-electron chi connectivity index (χ4n) is 3.29. The summed E-state index contributed by atoms with van der Waals surface area (Å²) in [7, 11) is 0. The van der Waals surface area contributed by atoms with Gasteiger partial charge in [0.05, 0.1) is 5.69 Å². The summed E-state index contributed by atoms with van der Waals surface area (Å²) in [6, 6.07) is 14.1. The maximum Gasteiger partial charge on any atom is 0.119 e. The van der Waals surface area contributed by atoms with Gasteiger partial charge < -0.3 is 4.74 Å². The molecule has 0 aromatic heterocycles. The molecule has 1 saturated heterocycles. The molecule has 3 nitrogen and oxygen atoms in total. The van der Waals surface area contributed by atoms with Crippen LogP contribution in [-0.4, -0.2) is 37.9 Å². The molecular weight excluding hydrogens is 344 g/mol. The molecule has 1 fully saturated rings. The molecule has 0 amide bonds. The lowest BCUT2D eigenvalue weighted by Crippen LogP contribution is -2.33. The zero-order valence-corrected chi connectivity index (χ0v) is 15.8. The van der Waals surface area contributed by atoms with Crippen molar-refractivity contribution in [1.82, 2.24) is 4.90 Å². The van der Waals surface area contributed by atoms with Gasteiger partial charge in [-0.25, -0.2) is 0 Å². The largest absolute Gasteiger partial charge is 0.492 e. The molecule has 3 rings (SSSR count). The number of halogens is 1. The number of hydrogen-bond donors (Lipinski definition) is 0. The average molecular weight is 369 g/mol. The predicted molar refractivity (Wildman–Crippen MR) is 112 cm³/mol. The number of ether oxygens (including phenoxy) is 1. The molecule has 0 bridgehead atoms. The van der Waals surface area contributed by atoms with Gasteiger partial charge in [0, 0.05) is 17.1 Å². The molecule has 0 saturated carbocycles. The Kier molecular flexibility index (Phi) is 6.48. The van der Waals surface area contributed by atoms with Crippen molar-refractivity contribution in [1.29, 1.82) is 0 Å². The smallest absolute Gasteiger partial charge is 0.119 e. The van der Waals surface area contributed by atoms with Gasteiger partial charge >= 0.3 is 0 Å². The minimum Gasteiger partial charge on any atom is -0.492 e. The van der Waals surface area contributed by atoms with E-state index in [1.807, 2.05) is 30.3 Å². The van der Waals surface area contributed by atoms with Crippen molar-refractivity contribution in [3.8, 4) is 16.9 Å². The van der Waals surface area contributed by atoms with Crippen LogP contribution in [0.25, 0.3) is 16.2 Å². The Labute approximate surface area is 161 Å². The first-order chi connectivity index (χ1) is 12.7. The molecule has 0 aliphatic carbocycles. The van der Waals surface area contributed by atoms with Crippen LogP contribution < -0.4 is 4.74 Å². The topological polar surface area (TPSA) is 24.8 Å². The summed E-state index contributed by atoms with van der Waals surface area (Å²) in [6.07, 6.45) is 3.98. The number of aliphatic imine (C=N–C) groups is 1. The molecule has 0 atom stereocenters. The van der Waals surface area contributed by atoms with E-state index in [0.29, 0.717) is 5.03 Å². The van der Waals surface area contributed by atoms with Crippen molar-refractivity contribution in [2.24, 2.45) is 4.99 Å². The van der Waals surface area contributed by atoms with Gasteiger partial charge in [-0.1, -0.05) is 42.8 Å². The van der Waals surface area contributed by atoms with Crippen molar-refractivity contribution in [3.05, 3.63) is 54.6 Å². The Morgan fingerprint density at radius 2 is 1.73 bits per heavy atom. The molecule has 0 radical (unpaired) electrons.